The Labute approximate surface area is 140 Å². The molecule has 0 unspecified atom stereocenters. The van der Waals surface area contributed by atoms with E-state index in [0.29, 0.717) is 6.54 Å². The standard InChI is InChI=1S/C17H22N4OS/c1-11-18-8-13-7-6-12(10-21(11)13)17(22)19-9-16-20-14-4-2-3-5-15(14)23-16/h8,12H,2-7,9-10H2,1H3,(H,19,22)/t12-/m0/s1. The van der Waals surface area contributed by atoms with Gasteiger partial charge in [0.2, 0.25) is 5.91 Å². The Morgan fingerprint density at radius 1 is 1.39 bits per heavy atom. The first-order valence-corrected chi connectivity index (χ1v) is 9.28. The van der Waals surface area contributed by atoms with E-state index in [-0.39, 0.29) is 11.8 Å². The summed E-state index contributed by atoms with van der Waals surface area (Å²) in [6.45, 7) is 3.33. The lowest BCUT2D eigenvalue weighted by Gasteiger charge is -2.24. The minimum absolute atomic E-state index is 0.0463. The molecule has 5 nitrogen and oxygen atoms in total. The van der Waals surface area contributed by atoms with Gasteiger partial charge in [-0.05, 0) is 45.4 Å². The fourth-order valence-corrected chi connectivity index (χ4v) is 4.70. The highest BCUT2D eigenvalue weighted by Gasteiger charge is 2.26. The summed E-state index contributed by atoms with van der Waals surface area (Å²) in [6, 6.07) is 0. The van der Waals surface area contributed by atoms with Gasteiger partial charge in [0, 0.05) is 23.3 Å². The van der Waals surface area contributed by atoms with E-state index < -0.39 is 0 Å². The normalized spacial score (nSPS) is 20.0. The maximum absolute atomic E-state index is 12.5. The second kappa shape index (κ2) is 6.07. The average Bonchev–Trinajstić information content (AvgIpc) is 3.16. The topological polar surface area (TPSA) is 59.8 Å². The number of hydrogen-bond acceptors (Lipinski definition) is 4. The van der Waals surface area contributed by atoms with Crippen LogP contribution < -0.4 is 5.32 Å². The Morgan fingerprint density at radius 3 is 3.13 bits per heavy atom. The molecule has 122 valence electrons. The first-order valence-electron chi connectivity index (χ1n) is 8.47. The Balaban J connectivity index is 1.37. The number of rotatable bonds is 3. The molecule has 1 amide bonds. The van der Waals surface area contributed by atoms with Crippen molar-refractivity contribution in [3.8, 4) is 0 Å². The molecule has 0 bridgehead atoms. The van der Waals surface area contributed by atoms with Crippen LogP contribution in [-0.4, -0.2) is 20.4 Å². The van der Waals surface area contributed by atoms with Gasteiger partial charge >= 0.3 is 0 Å². The van der Waals surface area contributed by atoms with Crippen molar-refractivity contribution < 1.29 is 4.79 Å². The molecule has 2 aromatic rings. The third-order valence-corrected chi connectivity index (χ3v) is 6.12. The van der Waals surface area contributed by atoms with Crippen LogP contribution in [0, 0.1) is 12.8 Å². The zero-order valence-corrected chi connectivity index (χ0v) is 14.3. The quantitative estimate of drug-likeness (QED) is 0.940. The van der Waals surface area contributed by atoms with E-state index in [1.165, 1.54) is 29.1 Å². The van der Waals surface area contributed by atoms with Gasteiger partial charge in [0.05, 0.1) is 18.2 Å². The van der Waals surface area contributed by atoms with Gasteiger partial charge in [-0.2, -0.15) is 0 Å². The van der Waals surface area contributed by atoms with Crippen LogP contribution in [0.1, 0.15) is 46.4 Å². The molecule has 0 radical (unpaired) electrons. The largest absolute Gasteiger partial charge is 0.349 e. The smallest absolute Gasteiger partial charge is 0.225 e. The number of nitrogens with one attached hydrogen (secondary N) is 1. The van der Waals surface area contributed by atoms with E-state index in [1.54, 1.807) is 11.3 Å². The van der Waals surface area contributed by atoms with Crippen molar-refractivity contribution in [3.05, 3.63) is 33.3 Å². The molecule has 0 fully saturated rings. The van der Waals surface area contributed by atoms with E-state index in [2.05, 4.69) is 14.9 Å². The van der Waals surface area contributed by atoms with Crippen LogP contribution in [0.4, 0.5) is 0 Å². The van der Waals surface area contributed by atoms with Gasteiger partial charge in [0.25, 0.3) is 0 Å². The Morgan fingerprint density at radius 2 is 2.26 bits per heavy atom. The van der Waals surface area contributed by atoms with Gasteiger partial charge in [-0.25, -0.2) is 9.97 Å². The van der Waals surface area contributed by atoms with E-state index in [1.807, 2.05) is 13.1 Å². The van der Waals surface area contributed by atoms with Crippen molar-refractivity contribution in [2.75, 3.05) is 0 Å². The van der Waals surface area contributed by atoms with Gasteiger partial charge in [0.15, 0.2) is 0 Å². The van der Waals surface area contributed by atoms with Crippen molar-refractivity contribution in [3.63, 3.8) is 0 Å². The Hall–Kier alpha value is -1.69. The molecule has 2 aliphatic rings. The Bertz CT molecular complexity index is 710. The summed E-state index contributed by atoms with van der Waals surface area (Å²) in [5.41, 5.74) is 2.51. The van der Waals surface area contributed by atoms with Crippen LogP contribution in [0.2, 0.25) is 0 Å². The molecule has 6 heteroatoms. The molecule has 2 aromatic heterocycles. The van der Waals surface area contributed by atoms with Gasteiger partial charge in [-0.1, -0.05) is 0 Å². The third kappa shape index (κ3) is 2.92. The van der Waals surface area contributed by atoms with Gasteiger partial charge < -0.3 is 9.88 Å². The SMILES string of the molecule is Cc1ncc2n1C[C@@H](C(=O)NCc1nc3c(s1)CCCC3)CC2. The van der Waals surface area contributed by atoms with E-state index in [4.69, 9.17) is 4.98 Å². The first-order chi connectivity index (χ1) is 11.2. The molecule has 1 aliphatic heterocycles. The second-order valence-electron chi connectivity index (χ2n) is 6.55. The fourth-order valence-electron chi connectivity index (χ4n) is 3.60. The van der Waals surface area contributed by atoms with Crippen molar-refractivity contribution in [2.24, 2.45) is 5.92 Å². The summed E-state index contributed by atoms with van der Waals surface area (Å²) in [5, 5.41) is 4.15. The molecule has 4 rings (SSSR count). The molecule has 1 atom stereocenters. The molecule has 1 N–H and O–H groups in total. The molecular weight excluding hydrogens is 308 g/mol. The number of carbonyl (C=O) groups is 1. The Kier molecular flexibility index (Phi) is 3.93. The van der Waals surface area contributed by atoms with E-state index in [0.717, 1.165) is 43.1 Å². The maximum Gasteiger partial charge on any atom is 0.225 e. The van der Waals surface area contributed by atoms with E-state index >= 15 is 0 Å². The monoisotopic (exact) mass is 330 g/mol. The number of nitrogens with zero attached hydrogens (tertiary/aromatic N) is 3. The lowest BCUT2D eigenvalue weighted by Crippen LogP contribution is -2.35. The predicted molar refractivity (Wildman–Crippen MR) is 89.4 cm³/mol. The number of hydrogen-bond donors (Lipinski definition) is 1. The maximum atomic E-state index is 12.5. The van der Waals surface area contributed by atoms with Crippen LogP contribution in [-0.2, 0) is 37.1 Å². The summed E-state index contributed by atoms with van der Waals surface area (Å²) < 4.78 is 2.18. The number of thiazole rings is 1. The van der Waals surface area contributed by atoms with Crippen LogP contribution in [0.25, 0.3) is 0 Å². The predicted octanol–water partition coefficient (Wildman–Crippen LogP) is 2.41. The molecular formula is C17H22N4OS. The molecule has 0 spiro atoms. The number of aryl methyl sites for hydroxylation is 4. The van der Waals surface area contributed by atoms with Gasteiger partial charge in [-0.15, -0.1) is 11.3 Å². The van der Waals surface area contributed by atoms with Crippen LogP contribution in [0.15, 0.2) is 6.20 Å². The summed E-state index contributed by atoms with van der Waals surface area (Å²) in [6.07, 6.45) is 8.56. The van der Waals surface area contributed by atoms with Crippen LogP contribution >= 0.6 is 11.3 Å². The van der Waals surface area contributed by atoms with Crippen molar-refractivity contribution in [1.29, 1.82) is 0 Å². The van der Waals surface area contributed by atoms with Crippen molar-refractivity contribution >= 4 is 17.2 Å². The number of amides is 1. The highest BCUT2D eigenvalue weighted by atomic mass is 32.1. The van der Waals surface area contributed by atoms with Gasteiger partial charge in [-0.3, -0.25) is 4.79 Å². The average molecular weight is 330 g/mol. The molecule has 23 heavy (non-hydrogen) atoms. The van der Waals surface area contributed by atoms with Gasteiger partial charge in [0.1, 0.15) is 10.8 Å². The lowest BCUT2D eigenvalue weighted by atomic mass is 9.97. The zero-order valence-electron chi connectivity index (χ0n) is 13.5. The third-order valence-electron chi connectivity index (χ3n) is 4.96. The zero-order chi connectivity index (χ0) is 15.8. The number of carbonyl (C=O) groups excluding carboxylic acids is 1. The highest BCUT2D eigenvalue weighted by molar-refractivity contribution is 7.11. The van der Waals surface area contributed by atoms with E-state index in [9.17, 15) is 4.79 Å². The fraction of sp³-hybridized carbons (Fsp3) is 0.588. The number of aromatic nitrogens is 3. The van der Waals surface area contributed by atoms with Crippen LogP contribution in [0.3, 0.4) is 0 Å². The first kappa shape index (κ1) is 14.9. The van der Waals surface area contributed by atoms with Crippen molar-refractivity contribution in [1.82, 2.24) is 19.9 Å². The summed E-state index contributed by atoms with van der Waals surface area (Å²) in [5.74, 6) is 1.20. The number of imidazole rings is 1. The second-order valence-corrected chi connectivity index (χ2v) is 7.71. The summed E-state index contributed by atoms with van der Waals surface area (Å²) in [7, 11) is 0. The molecule has 0 saturated heterocycles. The summed E-state index contributed by atoms with van der Waals surface area (Å²) in [4.78, 5) is 23.0. The lowest BCUT2D eigenvalue weighted by molar-refractivity contribution is -0.126. The molecule has 1 aliphatic carbocycles. The molecule has 0 saturated carbocycles. The minimum atomic E-state index is 0.0463. The molecule has 0 aromatic carbocycles. The summed E-state index contributed by atoms with van der Waals surface area (Å²) >= 11 is 1.78. The van der Waals surface area contributed by atoms with Crippen LogP contribution in [0.5, 0.6) is 0 Å². The minimum Gasteiger partial charge on any atom is -0.349 e. The van der Waals surface area contributed by atoms with Crippen molar-refractivity contribution in [2.45, 2.75) is 58.5 Å². The molecule has 3 heterocycles. The number of fused-ring (bicyclic) bond motifs is 2. The highest BCUT2D eigenvalue weighted by Crippen LogP contribution is 2.27.